The molecule has 0 radical (unpaired) electrons. The largest absolute Gasteiger partial charge is 0.458 e. The van der Waals surface area contributed by atoms with Crippen LogP contribution >= 0.6 is 11.6 Å². The second-order valence-electron chi connectivity index (χ2n) is 14.1. The summed E-state index contributed by atoms with van der Waals surface area (Å²) in [7, 11) is 0. The first-order chi connectivity index (χ1) is 20.7. The van der Waals surface area contributed by atoms with E-state index in [9.17, 15) is 19.2 Å². The number of nitrogens with two attached hydrogens (primary N) is 1. The molecule has 0 saturated carbocycles. The summed E-state index contributed by atoms with van der Waals surface area (Å²) in [6, 6.07) is 13.6. The van der Waals surface area contributed by atoms with Crippen LogP contribution in [0.1, 0.15) is 79.4 Å². The van der Waals surface area contributed by atoms with Gasteiger partial charge in [-0.15, -0.1) is 0 Å². The lowest BCUT2D eigenvalue weighted by Gasteiger charge is -2.42. The van der Waals surface area contributed by atoms with Crippen LogP contribution in [0.2, 0.25) is 5.02 Å². The molecule has 45 heavy (non-hydrogen) atoms. The van der Waals surface area contributed by atoms with Crippen molar-refractivity contribution in [2.75, 3.05) is 18.0 Å². The number of nitrogens with one attached hydrogen (secondary N) is 1. The van der Waals surface area contributed by atoms with E-state index >= 15 is 0 Å². The Balaban J connectivity index is 2.04. The number of carbonyl (C=O) groups excluding carboxylic acids is 4. The van der Waals surface area contributed by atoms with Crippen LogP contribution in [0.4, 0.5) is 10.5 Å². The highest BCUT2D eigenvalue weighted by Crippen LogP contribution is 2.35. The fourth-order valence-corrected chi connectivity index (χ4v) is 5.83. The summed E-state index contributed by atoms with van der Waals surface area (Å²) in [6.45, 7) is 14.6. The molecular formula is C34H48ClN4O6+. The van der Waals surface area contributed by atoms with E-state index in [1.165, 1.54) is 0 Å². The minimum atomic E-state index is -1.24. The lowest BCUT2D eigenvalue weighted by Crippen LogP contribution is -2.64. The zero-order valence-corrected chi connectivity index (χ0v) is 28.5. The van der Waals surface area contributed by atoms with E-state index in [1.54, 1.807) is 78.5 Å². The number of benzene rings is 2. The third kappa shape index (κ3) is 9.20. The summed E-state index contributed by atoms with van der Waals surface area (Å²) in [6.07, 6.45) is 0.461. The van der Waals surface area contributed by atoms with Crippen LogP contribution in [-0.4, -0.2) is 64.2 Å². The highest BCUT2D eigenvalue weighted by Gasteiger charge is 2.53. The summed E-state index contributed by atoms with van der Waals surface area (Å²) in [5, 5.41) is 3.22. The SMILES string of the molecule is CC(C)(C)OC(=O)NCc1ccc(Cl)cc1C[N+]1(C(=O)CN(c2ccccc2)C(C)(C)C(=O)OC(C)(C)C)CCC[C@H]1C(N)=O. The molecule has 0 aliphatic carbocycles. The first-order valence-corrected chi connectivity index (χ1v) is 15.6. The fraction of sp³-hybridized carbons (Fsp3) is 0.529. The Morgan fingerprint density at radius 1 is 0.933 bits per heavy atom. The van der Waals surface area contributed by atoms with Crippen molar-refractivity contribution in [3.05, 3.63) is 64.7 Å². The Morgan fingerprint density at radius 3 is 2.13 bits per heavy atom. The molecule has 2 aromatic rings. The van der Waals surface area contributed by atoms with E-state index in [-0.39, 0.29) is 30.0 Å². The van der Waals surface area contributed by atoms with E-state index in [4.69, 9.17) is 26.8 Å². The normalized spacial score (nSPS) is 18.6. The third-order valence-electron chi connectivity index (χ3n) is 7.83. The Hall–Kier alpha value is -3.63. The number of halogens is 1. The molecule has 3 rings (SSSR count). The zero-order chi connectivity index (χ0) is 33.8. The molecule has 2 aromatic carbocycles. The van der Waals surface area contributed by atoms with Gasteiger partial charge in [-0.1, -0.05) is 35.9 Å². The lowest BCUT2D eigenvalue weighted by molar-refractivity contribution is -0.870. The van der Waals surface area contributed by atoms with Gasteiger partial charge < -0.3 is 25.4 Å². The van der Waals surface area contributed by atoms with Crippen molar-refractivity contribution >= 4 is 41.2 Å². The highest BCUT2D eigenvalue weighted by atomic mass is 35.5. The predicted molar refractivity (Wildman–Crippen MR) is 174 cm³/mol. The topological polar surface area (TPSA) is 128 Å². The van der Waals surface area contributed by atoms with Crippen molar-refractivity contribution < 1.29 is 33.1 Å². The summed E-state index contributed by atoms with van der Waals surface area (Å²) in [4.78, 5) is 55.3. The van der Waals surface area contributed by atoms with Crippen LogP contribution in [0, 0.1) is 0 Å². The van der Waals surface area contributed by atoms with E-state index in [0.29, 0.717) is 35.7 Å². The molecule has 3 amide bonds. The molecule has 0 spiro atoms. The number of amides is 3. The zero-order valence-electron chi connectivity index (χ0n) is 27.7. The van der Waals surface area contributed by atoms with Crippen molar-refractivity contribution in [3.8, 4) is 0 Å². The van der Waals surface area contributed by atoms with Crippen LogP contribution in [0.5, 0.6) is 0 Å². The number of para-hydroxylation sites is 1. The molecule has 1 saturated heterocycles. The van der Waals surface area contributed by atoms with Gasteiger partial charge in [-0.3, -0.25) is 4.79 Å². The van der Waals surface area contributed by atoms with Gasteiger partial charge in [-0.2, -0.15) is 0 Å². The van der Waals surface area contributed by atoms with Crippen molar-refractivity contribution in [2.24, 2.45) is 5.73 Å². The van der Waals surface area contributed by atoms with Gasteiger partial charge in [0, 0.05) is 35.7 Å². The van der Waals surface area contributed by atoms with Crippen LogP contribution < -0.4 is 16.0 Å². The predicted octanol–water partition coefficient (Wildman–Crippen LogP) is 5.48. The third-order valence-corrected chi connectivity index (χ3v) is 8.07. The van der Waals surface area contributed by atoms with E-state index in [1.807, 2.05) is 30.3 Å². The smallest absolute Gasteiger partial charge is 0.407 e. The molecule has 1 heterocycles. The standard InChI is InChI=1S/C34H47ClN4O6/c1-32(2,3)44-30(42)34(7,8)38(26-13-10-9-11-14-26)21-28(40)39(18-12-15-27(39)29(36)41)22-24-19-25(35)17-16-23(24)20-37-31(43)45-33(4,5)6/h9-11,13-14,16-17,19,27H,12,15,18,20-22H2,1-8H3,(H2-,36,37,41,43)/p+1/t27-,39?/m0/s1. The molecule has 2 atom stereocenters. The molecule has 246 valence electrons. The maximum Gasteiger partial charge on any atom is 0.407 e. The number of anilines is 1. The van der Waals surface area contributed by atoms with Gasteiger partial charge in [0.1, 0.15) is 29.8 Å². The quantitative estimate of drug-likeness (QED) is 0.259. The van der Waals surface area contributed by atoms with Gasteiger partial charge in [-0.05, 0) is 85.2 Å². The Kier molecular flexibility index (Phi) is 11.0. The Bertz CT molecular complexity index is 1400. The molecule has 1 aliphatic rings. The molecule has 1 fully saturated rings. The summed E-state index contributed by atoms with van der Waals surface area (Å²) < 4.78 is 10.9. The number of quaternary nitrogens is 1. The van der Waals surface area contributed by atoms with Gasteiger partial charge in [-0.25, -0.2) is 18.9 Å². The summed E-state index contributed by atoms with van der Waals surface area (Å²) in [5.41, 5.74) is 5.36. The maximum atomic E-state index is 14.7. The summed E-state index contributed by atoms with van der Waals surface area (Å²) >= 11 is 6.43. The van der Waals surface area contributed by atoms with Crippen LogP contribution in [0.15, 0.2) is 48.5 Å². The van der Waals surface area contributed by atoms with Crippen molar-refractivity contribution in [1.82, 2.24) is 5.32 Å². The minimum Gasteiger partial charge on any atom is -0.458 e. The number of ether oxygens (including phenoxy) is 2. The fourth-order valence-electron chi connectivity index (χ4n) is 5.64. The summed E-state index contributed by atoms with van der Waals surface area (Å²) in [5.74, 6) is -1.34. The molecule has 10 nitrogen and oxygen atoms in total. The van der Waals surface area contributed by atoms with Crippen molar-refractivity contribution in [1.29, 1.82) is 0 Å². The second kappa shape index (κ2) is 13.8. The average Bonchev–Trinajstić information content (AvgIpc) is 3.34. The number of primary amides is 1. The van der Waals surface area contributed by atoms with Crippen LogP contribution in [0.3, 0.4) is 0 Å². The number of carbonyl (C=O) groups is 4. The van der Waals surface area contributed by atoms with Gasteiger partial charge in [0.15, 0.2) is 6.04 Å². The number of hydrogen-bond donors (Lipinski definition) is 2. The van der Waals surface area contributed by atoms with E-state index in [0.717, 1.165) is 5.56 Å². The van der Waals surface area contributed by atoms with Crippen LogP contribution in [0.25, 0.3) is 0 Å². The van der Waals surface area contributed by atoms with Crippen molar-refractivity contribution in [2.45, 2.75) is 104 Å². The first-order valence-electron chi connectivity index (χ1n) is 15.2. The minimum absolute atomic E-state index is 0.119. The molecule has 1 aliphatic heterocycles. The number of alkyl carbamates (subject to hydrolysis) is 1. The Morgan fingerprint density at radius 2 is 1.56 bits per heavy atom. The number of likely N-dealkylation sites (tertiary alicyclic amines) is 1. The first kappa shape index (κ1) is 35.8. The monoisotopic (exact) mass is 643 g/mol. The molecule has 1 unspecified atom stereocenters. The van der Waals surface area contributed by atoms with Gasteiger partial charge in [0.05, 0.1) is 6.54 Å². The lowest BCUT2D eigenvalue weighted by atomic mass is 9.99. The van der Waals surface area contributed by atoms with E-state index in [2.05, 4.69) is 5.32 Å². The molecule has 11 heteroatoms. The maximum absolute atomic E-state index is 14.7. The van der Waals surface area contributed by atoms with Gasteiger partial charge in [0.25, 0.3) is 5.91 Å². The molecular weight excluding hydrogens is 596 g/mol. The highest BCUT2D eigenvalue weighted by molar-refractivity contribution is 6.30. The number of esters is 1. The van der Waals surface area contributed by atoms with Gasteiger partial charge in [0.2, 0.25) is 0 Å². The van der Waals surface area contributed by atoms with E-state index < -0.39 is 40.8 Å². The molecule has 0 aromatic heterocycles. The number of nitrogens with zero attached hydrogens (tertiary/aromatic N) is 2. The second-order valence-corrected chi connectivity index (χ2v) is 14.6. The number of rotatable bonds is 10. The molecule has 0 bridgehead atoms. The molecule has 3 N–H and O–H groups in total. The number of hydrogen-bond acceptors (Lipinski definition) is 7. The van der Waals surface area contributed by atoms with Gasteiger partial charge >= 0.3 is 18.0 Å². The Labute approximate surface area is 271 Å². The van der Waals surface area contributed by atoms with Crippen molar-refractivity contribution in [3.63, 3.8) is 0 Å². The average molecular weight is 644 g/mol. The van der Waals surface area contributed by atoms with Crippen LogP contribution in [-0.2, 0) is 36.9 Å².